The minimum Gasteiger partial charge on any atom is -0.468 e. The van der Waals surface area contributed by atoms with E-state index in [1.54, 1.807) is 12.1 Å². The highest BCUT2D eigenvalue weighted by Crippen LogP contribution is 2.30. The number of carbonyl (C=O) groups excluding carboxylic acids is 2. The fourth-order valence-corrected chi connectivity index (χ4v) is 2.07. The zero-order chi connectivity index (χ0) is 12.4. The average molecular weight is 234 g/mol. The Kier molecular flexibility index (Phi) is 2.99. The highest BCUT2D eigenvalue weighted by Gasteiger charge is 2.41. The Hall–Kier alpha value is -2.04. The molecule has 1 heterocycles. The van der Waals surface area contributed by atoms with Gasteiger partial charge in [-0.1, -0.05) is 12.1 Å². The Labute approximate surface area is 98.9 Å². The van der Waals surface area contributed by atoms with Crippen molar-refractivity contribution in [3.8, 4) is 0 Å². The Morgan fingerprint density at radius 2 is 2.06 bits per heavy atom. The van der Waals surface area contributed by atoms with Gasteiger partial charge in [0.2, 0.25) is 5.91 Å². The van der Waals surface area contributed by atoms with Crippen LogP contribution in [0.2, 0.25) is 0 Å². The second kappa shape index (κ2) is 4.45. The van der Waals surface area contributed by atoms with Crippen molar-refractivity contribution in [3.63, 3.8) is 0 Å². The average Bonchev–Trinajstić information content (AvgIpc) is 2.71. The maximum Gasteiger partial charge on any atom is 0.318 e. The number of nitrogen functional groups attached to an aromatic ring is 1. The second-order valence-electron chi connectivity index (χ2n) is 4.02. The van der Waals surface area contributed by atoms with Crippen molar-refractivity contribution in [3.05, 3.63) is 29.8 Å². The molecule has 0 spiro atoms. The zero-order valence-electron chi connectivity index (χ0n) is 9.47. The molecule has 0 radical (unpaired) electrons. The van der Waals surface area contributed by atoms with E-state index in [1.807, 2.05) is 12.1 Å². The smallest absolute Gasteiger partial charge is 0.318 e. The molecule has 2 rings (SSSR count). The van der Waals surface area contributed by atoms with Crippen LogP contribution in [0, 0.1) is 5.92 Å². The van der Waals surface area contributed by atoms with Crippen molar-refractivity contribution in [2.75, 3.05) is 19.4 Å². The highest BCUT2D eigenvalue weighted by atomic mass is 16.5. The lowest BCUT2D eigenvalue weighted by Crippen LogP contribution is -2.28. The third-order valence-electron chi connectivity index (χ3n) is 3.00. The molecule has 1 fully saturated rings. The summed E-state index contributed by atoms with van der Waals surface area (Å²) in [6, 6.07) is 7.17. The molecule has 1 aromatic rings. The van der Waals surface area contributed by atoms with Crippen LogP contribution in [0.15, 0.2) is 24.3 Å². The zero-order valence-corrected chi connectivity index (χ0v) is 9.47. The molecule has 0 aromatic heterocycles. The first-order valence-electron chi connectivity index (χ1n) is 5.34. The van der Waals surface area contributed by atoms with E-state index in [9.17, 15) is 9.59 Å². The van der Waals surface area contributed by atoms with Gasteiger partial charge in [-0.05, 0) is 17.7 Å². The molecule has 0 aliphatic carbocycles. The topological polar surface area (TPSA) is 81.4 Å². The number of hydrogen-bond donors (Lipinski definition) is 2. The van der Waals surface area contributed by atoms with Crippen LogP contribution in [-0.2, 0) is 14.3 Å². The third kappa shape index (κ3) is 2.08. The number of anilines is 1. The lowest BCUT2D eigenvalue weighted by Gasteiger charge is -2.15. The Bertz CT molecular complexity index is 442. The number of nitrogens with two attached hydrogens (primary N) is 1. The van der Waals surface area contributed by atoms with Crippen LogP contribution in [-0.4, -0.2) is 25.5 Å². The number of benzene rings is 1. The van der Waals surface area contributed by atoms with Crippen LogP contribution in [0.1, 0.15) is 11.5 Å². The summed E-state index contributed by atoms with van der Waals surface area (Å²) in [6.07, 6.45) is 0. The molecular weight excluding hydrogens is 220 g/mol. The number of nitrogens with one attached hydrogen (secondary N) is 1. The molecule has 2 atom stereocenters. The molecule has 1 amide bonds. The number of rotatable bonds is 2. The summed E-state index contributed by atoms with van der Waals surface area (Å²) >= 11 is 0. The monoisotopic (exact) mass is 234 g/mol. The van der Waals surface area contributed by atoms with E-state index >= 15 is 0 Å². The number of methoxy groups -OCH3 is 1. The third-order valence-corrected chi connectivity index (χ3v) is 3.00. The maximum absolute atomic E-state index is 11.6. The molecule has 1 saturated heterocycles. The second-order valence-corrected chi connectivity index (χ2v) is 4.02. The lowest BCUT2D eigenvalue weighted by atomic mass is 9.88. The summed E-state index contributed by atoms with van der Waals surface area (Å²) in [7, 11) is 1.29. The number of ether oxygens (including phenoxy) is 1. The largest absolute Gasteiger partial charge is 0.468 e. The van der Waals surface area contributed by atoms with Gasteiger partial charge in [-0.2, -0.15) is 0 Å². The van der Waals surface area contributed by atoms with Crippen LogP contribution < -0.4 is 11.1 Å². The van der Waals surface area contributed by atoms with Crippen molar-refractivity contribution in [1.29, 1.82) is 0 Å². The van der Waals surface area contributed by atoms with Crippen molar-refractivity contribution < 1.29 is 14.3 Å². The number of hydrogen-bond acceptors (Lipinski definition) is 4. The van der Waals surface area contributed by atoms with E-state index in [0.29, 0.717) is 12.2 Å². The maximum atomic E-state index is 11.6. The highest BCUT2D eigenvalue weighted by molar-refractivity contribution is 6.00. The van der Waals surface area contributed by atoms with Crippen LogP contribution in [0.4, 0.5) is 5.69 Å². The van der Waals surface area contributed by atoms with Crippen LogP contribution >= 0.6 is 0 Å². The van der Waals surface area contributed by atoms with Gasteiger partial charge in [-0.15, -0.1) is 0 Å². The number of esters is 1. The van der Waals surface area contributed by atoms with Crippen molar-refractivity contribution in [1.82, 2.24) is 5.32 Å². The van der Waals surface area contributed by atoms with Crippen molar-refractivity contribution in [2.45, 2.75) is 5.92 Å². The first-order chi connectivity index (χ1) is 8.13. The molecule has 1 aliphatic heterocycles. The minimum atomic E-state index is -0.761. The van der Waals surface area contributed by atoms with Crippen LogP contribution in [0.3, 0.4) is 0 Å². The normalized spacial score (nSPS) is 23.2. The fourth-order valence-electron chi connectivity index (χ4n) is 2.07. The number of amides is 1. The first kappa shape index (κ1) is 11.4. The summed E-state index contributed by atoms with van der Waals surface area (Å²) in [6.45, 7) is 0.447. The molecule has 0 saturated carbocycles. The number of carbonyl (C=O) groups is 2. The minimum absolute atomic E-state index is 0.185. The van der Waals surface area contributed by atoms with E-state index < -0.39 is 11.9 Å². The Morgan fingerprint density at radius 3 is 2.65 bits per heavy atom. The van der Waals surface area contributed by atoms with Gasteiger partial charge in [0.1, 0.15) is 5.92 Å². The molecule has 1 aromatic carbocycles. The van der Waals surface area contributed by atoms with E-state index in [4.69, 9.17) is 5.73 Å². The van der Waals surface area contributed by atoms with E-state index in [-0.39, 0.29) is 11.8 Å². The SMILES string of the molecule is COC(=O)C1C(=O)NCC1c1ccc(N)cc1. The quantitative estimate of drug-likeness (QED) is 0.437. The van der Waals surface area contributed by atoms with Gasteiger partial charge in [0.15, 0.2) is 0 Å². The van der Waals surface area contributed by atoms with Gasteiger partial charge >= 0.3 is 5.97 Å². The summed E-state index contributed by atoms with van der Waals surface area (Å²) in [5, 5.41) is 2.68. The summed E-state index contributed by atoms with van der Waals surface area (Å²) < 4.78 is 4.66. The first-order valence-corrected chi connectivity index (χ1v) is 5.34. The van der Waals surface area contributed by atoms with Gasteiger partial charge in [-0.3, -0.25) is 9.59 Å². The summed E-state index contributed by atoms with van der Waals surface area (Å²) in [5.74, 6) is -1.72. The lowest BCUT2D eigenvalue weighted by molar-refractivity contribution is -0.149. The molecule has 0 bridgehead atoms. The molecular formula is C12H14N2O3. The van der Waals surface area contributed by atoms with Gasteiger partial charge in [0.25, 0.3) is 0 Å². The van der Waals surface area contributed by atoms with Crippen molar-refractivity contribution in [2.24, 2.45) is 5.92 Å². The summed E-state index contributed by atoms with van der Waals surface area (Å²) in [4.78, 5) is 23.2. The molecule has 90 valence electrons. The molecule has 5 nitrogen and oxygen atoms in total. The molecule has 1 aliphatic rings. The van der Waals surface area contributed by atoms with Gasteiger partial charge in [0, 0.05) is 18.2 Å². The van der Waals surface area contributed by atoms with Gasteiger partial charge in [0.05, 0.1) is 7.11 Å². The Morgan fingerprint density at radius 1 is 1.41 bits per heavy atom. The predicted octanol–water partition coefficient (Wildman–Crippen LogP) is 0.271. The molecule has 5 heteroatoms. The van der Waals surface area contributed by atoms with Crippen LogP contribution in [0.25, 0.3) is 0 Å². The Balaban J connectivity index is 2.28. The molecule has 17 heavy (non-hydrogen) atoms. The van der Waals surface area contributed by atoms with E-state index in [1.165, 1.54) is 7.11 Å². The predicted molar refractivity (Wildman–Crippen MR) is 62.1 cm³/mol. The van der Waals surface area contributed by atoms with E-state index in [2.05, 4.69) is 10.1 Å². The van der Waals surface area contributed by atoms with E-state index in [0.717, 1.165) is 5.56 Å². The van der Waals surface area contributed by atoms with Crippen LogP contribution in [0.5, 0.6) is 0 Å². The van der Waals surface area contributed by atoms with Gasteiger partial charge < -0.3 is 15.8 Å². The molecule has 2 unspecified atom stereocenters. The summed E-state index contributed by atoms with van der Waals surface area (Å²) in [5.41, 5.74) is 7.16. The van der Waals surface area contributed by atoms with Gasteiger partial charge in [-0.25, -0.2) is 0 Å². The fraction of sp³-hybridized carbons (Fsp3) is 0.333. The standard InChI is InChI=1S/C12H14N2O3/c1-17-12(16)10-9(6-14-11(10)15)7-2-4-8(13)5-3-7/h2-5,9-10H,6,13H2,1H3,(H,14,15). The molecule has 3 N–H and O–H groups in total. The van der Waals surface area contributed by atoms with Crippen molar-refractivity contribution >= 4 is 17.6 Å².